The van der Waals surface area contributed by atoms with Crippen LogP contribution >= 0.6 is 0 Å². The van der Waals surface area contributed by atoms with Crippen molar-refractivity contribution in [2.75, 3.05) is 18.9 Å². The molecule has 1 aromatic rings. The van der Waals surface area contributed by atoms with Crippen LogP contribution in [0.3, 0.4) is 0 Å². The summed E-state index contributed by atoms with van der Waals surface area (Å²) in [5.74, 6) is 2.83. The molecule has 18 heavy (non-hydrogen) atoms. The molecule has 1 fully saturated rings. The van der Waals surface area contributed by atoms with Crippen molar-refractivity contribution < 1.29 is 13.4 Å². The summed E-state index contributed by atoms with van der Waals surface area (Å²) in [4.78, 5) is 0. The quantitative estimate of drug-likeness (QED) is 0.822. The van der Waals surface area contributed by atoms with E-state index in [9.17, 15) is 4.21 Å². The number of nitrogens with one attached hydrogen (secondary N) is 1. The highest BCUT2D eigenvalue weighted by Gasteiger charge is 2.19. The molecule has 2 heterocycles. The average molecular weight is 271 g/mol. The van der Waals surface area contributed by atoms with E-state index < -0.39 is 10.8 Å². The molecule has 0 aliphatic carbocycles. The first-order chi connectivity index (χ1) is 8.78. The molecule has 0 saturated carbocycles. The predicted molar refractivity (Wildman–Crippen MR) is 71.8 cm³/mol. The minimum atomic E-state index is -0.892. The van der Waals surface area contributed by atoms with Gasteiger partial charge in [-0.3, -0.25) is 4.21 Å². The lowest BCUT2D eigenvalue weighted by molar-refractivity contribution is 0.128. The molecule has 1 aliphatic rings. The van der Waals surface area contributed by atoms with Crippen molar-refractivity contribution >= 4 is 10.8 Å². The van der Waals surface area contributed by atoms with Gasteiger partial charge in [-0.15, -0.1) is 0 Å². The van der Waals surface area contributed by atoms with Crippen molar-refractivity contribution in [2.24, 2.45) is 0 Å². The average Bonchev–Trinajstić information content (AvgIpc) is 2.98. The summed E-state index contributed by atoms with van der Waals surface area (Å²) in [6.45, 7) is 4.52. The second kappa shape index (κ2) is 7.07. The first-order valence-corrected chi connectivity index (χ1v) is 8.01. The van der Waals surface area contributed by atoms with E-state index in [1.54, 1.807) is 0 Å². The standard InChI is InChI=1S/C13H21NO3S/c1-2-14-8-11-5-6-13(17-11)10-18(15)9-12-4-3-7-16-12/h5-6,12,14H,2-4,7-10H2,1H3. The van der Waals surface area contributed by atoms with E-state index in [-0.39, 0.29) is 6.10 Å². The molecule has 0 aromatic carbocycles. The highest BCUT2D eigenvalue weighted by atomic mass is 32.2. The Balaban J connectivity index is 1.77. The first-order valence-electron chi connectivity index (χ1n) is 6.53. The topological polar surface area (TPSA) is 51.5 Å². The number of furan rings is 1. The van der Waals surface area contributed by atoms with Crippen molar-refractivity contribution in [3.05, 3.63) is 23.7 Å². The van der Waals surface area contributed by atoms with Crippen LogP contribution in [0, 0.1) is 0 Å². The Labute approximate surface area is 111 Å². The Morgan fingerprint density at radius 1 is 1.44 bits per heavy atom. The molecule has 2 rings (SSSR count). The molecule has 1 N–H and O–H groups in total. The Hall–Kier alpha value is -0.650. The Kier molecular flexibility index (Phi) is 5.41. The van der Waals surface area contributed by atoms with Gasteiger partial charge in [0.15, 0.2) is 0 Å². The minimum Gasteiger partial charge on any atom is -0.464 e. The smallest absolute Gasteiger partial charge is 0.118 e. The van der Waals surface area contributed by atoms with Gasteiger partial charge >= 0.3 is 0 Å². The van der Waals surface area contributed by atoms with Crippen LogP contribution in [0.2, 0.25) is 0 Å². The van der Waals surface area contributed by atoms with Crippen LogP contribution in [0.25, 0.3) is 0 Å². The molecule has 0 radical (unpaired) electrons. The molecule has 1 saturated heterocycles. The fourth-order valence-corrected chi connectivity index (χ4v) is 3.31. The van der Waals surface area contributed by atoms with Gasteiger partial charge in [0.2, 0.25) is 0 Å². The van der Waals surface area contributed by atoms with E-state index in [0.29, 0.717) is 11.5 Å². The van der Waals surface area contributed by atoms with Crippen LogP contribution in [0.4, 0.5) is 0 Å². The van der Waals surface area contributed by atoms with Crippen molar-refractivity contribution in [1.29, 1.82) is 0 Å². The van der Waals surface area contributed by atoms with Crippen molar-refractivity contribution in [3.63, 3.8) is 0 Å². The van der Waals surface area contributed by atoms with Gasteiger partial charge in [0.1, 0.15) is 11.5 Å². The van der Waals surface area contributed by atoms with Gasteiger partial charge in [-0.2, -0.15) is 0 Å². The minimum absolute atomic E-state index is 0.182. The van der Waals surface area contributed by atoms with Crippen LogP contribution in [0.1, 0.15) is 31.3 Å². The number of hydrogen-bond acceptors (Lipinski definition) is 4. The molecule has 0 amide bonds. The summed E-state index contributed by atoms with van der Waals surface area (Å²) in [6.07, 6.45) is 2.31. The SMILES string of the molecule is CCNCc1ccc(CS(=O)CC2CCCO2)o1. The molecule has 1 aromatic heterocycles. The molecule has 0 spiro atoms. The third-order valence-electron chi connectivity index (χ3n) is 2.97. The Morgan fingerprint density at radius 2 is 2.28 bits per heavy atom. The van der Waals surface area contributed by atoms with Crippen LogP contribution in [-0.4, -0.2) is 29.2 Å². The van der Waals surface area contributed by atoms with Crippen LogP contribution in [0.5, 0.6) is 0 Å². The molecule has 2 unspecified atom stereocenters. The maximum atomic E-state index is 11.9. The summed E-state index contributed by atoms with van der Waals surface area (Å²) in [6, 6.07) is 3.86. The second-order valence-corrected chi connectivity index (χ2v) is 6.04. The van der Waals surface area contributed by atoms with Crippen molar-refractivity contribution in [1.82, 2.24) is 5.32 Å². The maximum absolute atomic E-state index is 11.9. The summed E-state index contributed by atoms with van der Waals surface area (Å²) < 4.78 is 23.1. The highest BCUT2D eigenvalue weighted by molar-refractivity contribution is 7.84. The Morgan fingerprint density at radius 3 is 3.00 bits per heavy atom. The molecule has 5 heteroatoms. The van der Waals surface area contributed by atoms with Crippen molar-refractivity contribution in [2.45, 2.75) is 38.2 Å². The third-order valence-corrected chi connectivity index (χ3v) is 4.32. The summed E-state index contributed by atoms with van der Waals surface area (Å²) >= 11 is 0. The van der Waals surface area contributed by atoms with E-state index in [2.05, 4.69) is 12.2 Å². The van der Waals surface area contributed by atoms with E-state index in [0.717, 1.165) is 44.1 Å². The molecule has 2 atom stereocenters. The zero-order chi connectivity index (χ0) is 12.8. The Bertz CT molecular complexity index is 385. The summed E-state index contributed by atoms with van der Waals surface area (Å²) in [5, 5.41) is 3.20. The number of rotatable bonds is 7. The fraction of sp³-hybridized carbons (Fsp3) is 0.692. The maximum Gasteiger partial charge on any atom is 0.118 e. The van der Waals surface area contributed by atoms with Crippen LogP contribution in [0.15, 0.2) is 16.5 Å². The summed E-state index contributed by atoms with van der Waals surface area (Å²) in [7, 11) is -0.892. The molecule has 102 valence electrons. The van der Waals surface area contributed by atoms with Gasteiger partial charge < -0.3 is 14.5 Å². The van der Waals surface area contributed by atoms with Crippen LogP contribution in [-0.2, 0) is 27.8 Å². The van der Waals surface area contributed by atoms with Gasteiger partial charge in [0.25, 0.3) is 0 Å². The van der Waals surface area contributed by atoms with E-state index >= 15 is 0 Å². The lowest BCUT2D eigenvalue weighted by atomic mass is 10.3. The summed E-state index contributed by atoms with van der Waals surface area (Å²) in [5.41, 5.74) is 0. The van der Waals surface area contributed by atoms with E-state index in [4.69, 9.17) is 9.15 Å². The van der Waals surface area contributed by atoms with Crippen LogP contribution < -0.4 is 5.32 Å². The zero-order valence-corrected chi connectivity index (χ0v) is 11.6. The predicted octanol–water partition coefficient (Wildman–Crippen LogP) is 1.82. The third kappa shape index (κ3) is 4.23. The normalized spacial score (nSPS) is 21.3. The van der Waals surface area contributed by atoms with Gasteiger partial charge in [-0.25, -0.2) is 0 Å². The van der Waals surface area contributed by atoms with Gasteiger partial charge in [0.05, 0.1) is 24.2 Å². The number of hydrogen-bond donors (Lipinski definition) is 1. The van der Waals surface area contributed by atoms with E-state index in [1.165, 1.54) is 0 Å². The van der Waals surface area contributed by atoms with Gasteiger partial charge in [-0.1, -0.05) is 6.92 Å². The second-order valence-electron chi connectivity index (χ2n) is 4.53. The molecule has 4 nitrogen and oxygen atoms in total. The highest BCUT2D eigenvalue weighted by Crippen LogP contribution is 2.15. The first kappa shape index (κ1) is 13.8. The lowest BCUT2D eigenvalue weighted by Gasteiger charge is -2.07. The fourth-order valence-electron chi connectivity index (χ4n) is 2.04. The molecular weight excluding hydrogens is 250 g/mol. The molecule has 0 bridgehead atoms. The molecule has 1 aliphatic heterocycles. The largest absolute Gasteiger partial charge is 0.464 e. The zero-order valence-electron chi connectivity index (χ0n) is 10.8. The van der Waals surface area contributed by atoms with E-state index in [1.807, 2.05) is 12.1 Å². The van der Waals surface area contributed by atoms with Gasteiger partial charge in [0, 0.05) is 17.4 Å². The number of ether oxygens (including phenoxy) is 1. The lowest BCUT2D eigenvalue weighted by Crippen LogP contribution is -2.16. The van der Waals surface area contributed by atoms with Crippen molar-refractivity contribution in [3.8, 4) is 0 Å². The monoisotopic (exact) mass is 271 g/mol. The molecular formula is C13H21NO3S. The van der Waals surface area contributed by atoms with Gasteiger partial charge in [-0.05, 0) is 31.5 Å².